The molecule has 8 nitrogen and oxygen atoms in total. The second kappa shape index (κ2) is 9.95. The lowest BCUT2D eigenvalue weighted by Gasteiger charge is -2.26. The SMILES string of the molecule is CCCCOc1ccc(C2c3c(-c4ccccc4O)n[nH]c3C(=O)N2CCOC)cc1OC. The summed E-state index contributed by atoms with van der Waals surface area (Å²) < 4.78 is 16.8. The molecule has 1 aliphatic heterocycles. The predicted molar refractivity (Wildman–Crippen MR) is 124 cm³/mol. The summed E-state index contributed by atoms with van der Waals surface area (Å²) in [6.45, 7) is 3.51. The molecule has 1 aliphatic rings. The smallest absolute Gasteiger partial charge is 0.273 e. The molecule has 1 amide bonds. The molecule has 2 aromatic carbocycles. The van der Waals surface area contributed by atoms with E-state index in [1.54, 1.807) is 37.3 Å². The standard InChI is InChI=1S/C25H29N3O5/c1-4-5-13-33-19-11-10-16(15-20(19)32-3)24-21-22(17-8-6-7-9-18(17)29)26-27-23(21)25(30)28(24)12-14-31-2/h6-11,15,24,29H,4-5,12-14H2,1-3H3,(H,26,27). The van der Waals surface area contributed by atoms with Crippen LogP contribution in [0.1, 0.15) is 47.4 Å². The van der Waals surface area contributed by atoms with E-state index in [0.29, 0.717) is 48.2 Å². The Balaban J connectivity index is 1.80. The third-order valence-corrected chi connectivity index (χ3v) is 5.82. The van der Waals surface area contributed by atoms with Crippen LogP contribution >= 0.6 is 0 Å². The van der Waals surface area contributed by atoms with Crippen molar-refractivity contribution in [1.29, 1.82) is 0 Å². The van der Waals surface area contributed by atoms with Crippen LogP contribution in [0.15, 0.2) is 42.5 Å². The molecule has 0 radical (unpaired) electrons. The number of H-pyrrole nitrogens is 1. The fraction of sp³-hybridized carbons (Fsp3) is 0.360. The first-order valence-electron chi connectivity index (χ1n) is 11.1. The first-order valence-corrected chi connectivity index (χ1v) is 11.1. The number of nitrogens with one attached hydrogen (secondary N) is 1. The molecule has 1 aromatic heterocycles. The molecule has 1 unspecified atom stereocenters. The number of hydrogen-bond donors (Lipinski definition) is 2. The number of benzene rings is 2. The largest absolute Gasteiger partial charge is 0.507 e. The van der Waals surface area contributed by atoms with E-state index in [1.807, 2.05) is 24.3 Å². The third kappa shape index (κ3) is 4.26. The lowest BCUT2D eigenvalue weighted by Crippen LogP contribution is -2.32. The third-order valence-electron chi connectivity index (χ3n) is 5.82. The molecule has 4 rings (SSSR count). The topological polar surface area (TPSA) is 96.9 Å². The van der Waals surface area contributed by atoms with E-state index in [9.17, 15) is 9.90 Å². The minimum atomic E-state index is -0.422. The Bertz CT molecular complexity index is 1130. The summed E-state index contributed by atoms with van der Waals surface area (Å²) >= 11 is 0. The molecule has 0 aliphatic carbocycles. The Kier molecular flexibility index (Phi) is 6.84. The number of ether oxygens (including phenoxy) is 3. The zero-order valence-electron chi connectivity index (χ0n) is 19.1. The number of unbranched alkanes of at least 4 members (excludes halogenated alkanes) is 1. The lowest BCUT2D eigenvalue weighted by molar-refractivity contribution is 0.0677. The maximum absolute atomic E-state index is 13.3. The molecule has 174 valence electrons. The van der Waals surface area contributed by atoms with Gasteiger partial charge in [-0.15, -0.1) is 0 Å². The zero-order chi connectivity index (χ0) is 23.4. The Hall–Kier alpha value is -3.52. The van der Waals surface area contributed by atoms with Gasteiger partial charge >= 0.3 is 0 Å². The number of amides is 1. The van der Waals surface area contributed by atoms with Crippen LogP contribution in [0.3, 0.4) is 0 Å². The van der Waals surface area contributed by atoms with Gasteiger partial charge in [-0.25, -0.2) is 0 Å². The molecule has 2 heterocycles. The number of fused-ring (bicyclic) bond motifs is 1. The van der Waals surface area contributed by atoms with E-state index < -0.39 is 6.04 Å². The number of aromatic hydroxyl groups is 1. The first-order chi connectivity index (χ1) is 16.1. The van der Waals surface area contributed by atoms with Gasteiger partial charge < -0.3 is 24.2 Å². The van der Waals surface area contributed by atoms with Gasteiger partial charge in [-0.1, -0.05) is 31.5 Å². The molecular weight excluding hydrogens is 422 g/mol. The molecular formula is C25H29N3O5. The lowest BCUT2D eigenvalue weighted by atomic mass is 9.95. The average molecular weight is 452 g/mol. The number of rotatable bonds is 10. The van der Waals surface area contributed by atoms with E-state index >= 15 is 0 Å². The van der Waals surface area contributed by atoms with Gasteiger partial charge in [0.05, 0.1) is 26.4 Å². The number of aromatic nitrogens is 2. The van der Waals surface area contributed by atoms with Gasteiger partial charge in [0.2, 0.25) is 0 Å². The quantitative estimate of drug-likeness (QED) is 0.449. The number of phenolic OH excluding ortho intramolecular Hbond substituents is 1. The molecule has 0 spiro atoms. The summed E-state index contributed by atoms with van der Waals surface area (Å²) in [7, 11) is 3.21. The molecule has 0 saturated heterocycles. The minimum Gasteiger partial charge on any atom is -0.507 e. The van der Waals surface area contributed by atoms with Gasteiger partial charge in [-0.3, -0.25) is 9.89 Å². The summed E-state index contributed by atoms with van der Waals surface area (Å²) in [4.78, 5) is 15.0. The zero-order valence-corrected chi connectivity index (χ0v) is 19.1. The molecule has 0 fully saturated rings. The van der Waals surface area contributed by atoms with Gasteiger partial charge in [-0.2, -0.15) is 5.10 Å². The number of aromatic amines is 1. The highest BCUT2D eigenvalue weighted by Crippen LogP contribution is 2.45. The summed E-state index contributed by atoms with van der Waals surface area (Å²) in [6, 6.07) is 12.3. The van der Waals surface area contributed by atoms with Gasteiger partial charge in [0.25, 0.3) is 5.91 Å². The van der Waals surface area contributed by atoms with Crippen LogP contribution in [0.2, 0.25) is 0 Å². The Morgan fingerprint density at radius 3 is 2.67 bits per heavy atom. The first kappa shape index (κ1) is 22.7. The molecule has 8 heteroatoms. The second-order valence-electron chi connectivity index (χ2n) is 7.88. The van der Waals surface area contributed by atoms with Crippen LogP contribution in [0.5, 0.6) is 17.2 Å². The van der Waals surface area contributed by atoms with E-state index in [1.165, 1.54) is 0 Å². The number of methoxy groups -OCH3 is 2. The van der Waals surface area contributed by atoms with Crippen LogP contribution < -0.4 is 9.47 Å². The maximum atomic E-state index is 13.3. The van der Waals surface area contributed by atoms with Crippen LogP contribution in [-0.4, -0.2) is 60.1 Å². The summed E-state index contributed by atoms with van der Waals surface area (Å²) in [5, 5.41) is 17.7. The monoisotopic (exact) mass is 451 g/mol. The fourth-order valence-corrected chi connectivity index (χ4v) is 4.14. The highest BCUT2D eigenvalue weighted by Gasteiger charge is 2.42. The Morgan fingerprint density at radius 1 is 1.12 bits per heavy atom. The number of phenols is 1. The van der Waals surface area contributed by atoms with Crippen molar-refractivity contribution in [3.05, 3.63) is 59.3 Å². The highest BCUT2D eigenvalue weighted by molar-refractivity contribution is 6.00. The molecule has 1 atom stereocenters. The van der Waals surface area contributed by atoms with Gasteiger partial charge in [0.1, 0.15) is 17.1 Å². The van der Waals surface area contributed by atoms with Crippen molar-refractivity contribution in [3.63, 3.8) is 0 Å². The molecule has 2 N–H and O–H groups in total. The summed E-state index contributed by atoms with van der Waals surface area (Å²) in [6.07, 6.45) is 1.99. The van der Waals surface area contributed by atoms with Crippen LogP contribution in [0.4, 0.5) is 0 Å². The average Bonchev–Trinajstić information content (AvgIpc) is 3.37. The van der Waals surface area contributed by atoms with Crippen LogP contribution in [0, 0.1) is 0 Å². The van der Waals surface area contributed by atoms with Crippen molar-refractivity contribution in [2.45, 2.75) is 25.8 Å². The van der Waals surface area contributed by atoms with Crippen molar-refractivity contribution in [2.24, 2.45) is 0 Å². The molecule has 0 bridgehead atoms. The highest BCUT2D eigenvalue weighted by atomic mass is 16.5. The predicted octanol–water partition coefficient (Wildman–Crippen LogP) is 4.16. The van der Waals surface area contributed by atoms with E-state index in [4.69, 9.17) is 14.2 Å². The molecule has 3 aromatic rings. The summed E-state index contributed by atoms with van der Waals surface area (Å²) in [5.41, 5.74) is 3.10. The van der Waals surface area contributed by atoms with Crippen LogP contribution in [0.25, 0.3) is 11.3 Å². The number of nitrogens with zero attached hydrogens (tertiary/aromatic N) is 2. The molecule has 0 saturated carbocycles. The second-order valence-corrected chi connectivity index (χ2v) is 7.88. The van der Waals surface area contributed by atoms with Crippen molar-refractivity contribution in [2.75, 3.05) is 34.0 Å². The number of hydrogen-bond acceptors (Lipinski definition) is 6. The number of carbonyl (C=O) groups excluding carboxylic acids is 1. The fourth-order valence-electron chi connectivity index (χ4n) is 4.14. The van der Waals surface area contributed by atoms with E-state index in [2.05, 4.69) is 17.1 Å². The van der Waals surface area contributed by atoms with Crippen molar-refractivity contribution < 1.29 is 24.1 Å². The Morgan fingerprint density at radius 2 is 1.94 bits per heavy atom. The van der Waals surface area contributed by atoms with Crippen molar-refractivity contribution >= 4 is 5.91 Å². The van der Waals surface area contributed by atoms with Gasteiger partial charge in [-0.05, 0) is 36.2 Å². The van der Waals surface area contributed by atoms with Crippen molar-refractivity contribution in [3.8, 4) is 28.5 Å². The van der Waals surface area contributed by atoms with Crippen LogP contribution in [-0.2, 0) is 4.74 Å². The summed E-state index contributed by atoms with van der Waals surface area (Å²) in [5.74, 6) is 1.20. The minimum absolute atomic E-state index is 0.102. The number of carbonyl (C=O) groups is 1. The number of para-hydroxylation sites is 1. The maximum Gasteiger partial charge on any atom is 0.273 e. The van der Waals surface area contributed by atoms with Gasteiger partial charge in [0.15, 0.2) is 11.5 Å². The van der Waals surface area contributed by atoms with Crippen molar-refractivity contribution in [1.82, 2.24) is 15.1 Å². The van der Waals surface area contributed by atoms with E-state index in [0.717, 1.165) is 24.0 Å². The molecule has 33 heavy (non-hydrogen) atoms. The van der Waals surface area contributed by atoms with E-state index in [-0.39, 0.29) is 11.7 Å². The Labute approximate surface area is 193 Å². The van der Waals surface area contributed by atoms with Gasteiger partial charge in [0, 0.05) is 24.8 Å². The normalized spacial score (nSPS) is 15.1.